The van der Waals surface area contributed by atoms with E-state index in [2.05, 4.69) is 44.2 Å². The Hall–Kier alpha value is -1.80. The minimum Gasteiger partial charge on any atom is -0.382 e. The second kappa shape index (κ2) is 6.13. The molecule has 0 spiro atoms. The predicted octanol–water partition coefficient (Wildman–Crippen LogP) is 0.536. The molecule has 1 aliphatic rings. The number of aromatic amines is 1. The largest absolute Gasteiger partial charge is 0.382 e. The molecule has 0 aliphatic carbocycles. The fourth-order valence-electron chi connectivity index (χ4n) is 3.00. The molecule has 3 heterocycles. The summed E-state index contributed by atoms with van der Waals surface area (Å²) in [6, 6.07) is 0. The van der Waals surface area contributed by atoms with Gasteiger partial charge in [-0.25, -0.2) is 9.67 Å². The molecule has 1 aliphatic heterocycles. The summed E-state index contributed by atoms with van der Waals surface area (Å²) in [5, 5.41) is 25.6. The molecular weight excluding hydrogens is 282 g/mol. The van der Waals surface area contributed by atoms with Gasteiger partial charge in [-0.3, -0.25) is 4.90 Å². The number of aromatic nitrogens is 6. The second-order valence-corrected chi connectivity index (χ2v) is 6.45. The maximum absolute atomic E-state index is 10.8. The molecule has 1 fully saturated rings. The highest BCUT2D eigenvalue weighted by atomic mass is 16.3. The number of nitrogens with zero attached hydrogens (tertiary/aromatic N) is 6. The number of β-amino-alcohol motifs (C(OH)–C–C–N with tert-alkyl or cyclic N) is 1. The SMILES string of the molecule is CC(C)Cn1ncnc1CN1CCC[C@@](O)(c2cn[nH]n2)C1. The van der Waals surface area contributed by atoms with E-state index in [1.54, 1.807) is 12.5 Å². The highest BCUT2D eigenvalue weighted by molar-refractivity contribution is 5.09. The minimum atomic E-state index is -0.936. The predicted molar refractivity (Wildman–Crippen MR) is 79.7 cm³/mol. The van der Waals surface area contributed by atoms with E-state index in [-0.39, 0.29) is 0 Å². The fourth-order valence-corrected chi connectivity index (χ4v) is 3.00. The van der Waals surface area contributed by atoms with Crippen LogP contribution in [-0.2, 0) is 18.7 Å². The number of aliphatic hydroxyl groups is 1. The van der Waals surface area contributed by atoms with E-state index in [9.17, 15) is 5.11 Å². The number of piperidine rings is 1. The molecule has 0 amide bonds. The molecule has 22 heavy (non-hydrogen) atoms. The summed E-state index contributed by atoms with van der Waals surface area (Å²) >= 11 is 0. The molecule has 2 N–H and O–H groups in total. The van der Waals surface area contributed by atoms with Crippen LogP contribution in [0.4, 0.5) is 0 Å². The smallest absolute Gasteiger partial charge is 0.141 e. The quantitative estimate of drug-likeness (QED) is 0.837. The number of likely N-dealkylation sites (tertiary alicyclic amines) is 1. The van der Waals surface area contributed by atoms with Crippen LogP contribution in [0.15, 0.2) is 12.5 Å². The molecule has 2 aromatic heterocycles. The molecule has 0 unspecified atom stereocenters. The van der Waals surface area contributed by atoms with Crippen molar-refractivity contribution >= 4 is 0 Å². The molecule has 1 saturated heterocycles. The van der Waals surface area contributed by atoms with Gasteiger partial charge in [-0.1, -0.05) is 13.8 Å². The van der Waals surface area contributed by atoms with E-state index in [0.717, 1.165) is 25.3 Å². The van der Waals surface area contributed by atoms with E-state index in [1.165, 1.54) is 0 Å². The number of rotatable bonds is 5. The Kier molecular flexibility index (Phi) is 4.21. The lowest BCUT2D eigenvalue weighted by atomic mass is 9.90. The maximum Gasteiger partial charge on any atom is 0.141 e. The summed E-state index contributed by atoms with van der Waals surface area (Å²) < 4.78 is 1.95. The first-order chi connectivity index (χ1) is 10.6. The van der Waals surface area contributed by atoms with Crippen molar-refractivity contribution in [1.29, 1.82) is 0 Å². The van der Waals surface area contributed by atoms with Crippen molar-refractivity contribution in [2.75, 3.05) is 13.1 Å². The van der Waals surface area contributed by atoms with Crippen LogP contribution in [-0.4, -0.2) is 53.3 Å². The van der Waals surface area contributed by atoms with Crippen molar-refractivity contribution in [1.82, 2.24) is 35.1 Å². The first-order valence-corrected chi connectivity index (χ1v) is 7.74. The lowest BCUT2D eigenvalue weighted by molar-refractivity contribution is -0.0423. The normalized spacial score (nSPS) is 23.3. The molecule has 3 rings (SSSR count). The van der Waals surface area contributed by atoms with E-state index in [4.69, 9.17) is 0 Å². The maximum atomic E-state index is 10.8. The van der Waals surface area contributed by atoms with Crippen molar-refractivity contribution in [3.8, 4) is 0 Å². The molecule has 0 saturated carbocycles. The van der Waals surface area contributed by atoms with Crippen molar-refractivity contribution < 1.29 is 5.11 Å². The summed E-state index contributed by atoms with van der Waals surface area (Å²) in [7, 11) is 0. The van der Waals surface area contributed by atoms with E-state index >= 15 is 0 Å². The zero-order chi connectivity index (χ0) is 15.6. The lowest BCUT2D eigenvalue weighted by Gasteiger charge is -2.37. The average Bonchev–Trinajstić information content (AvgIpc) is 3.11. The zero-order valence-corrected chi connectivity index (χ0v) is 13.1. The van der Waals surface area contributed by atoms with Crippen molar-refractivity contribution in [3.63, 3.8) is 0 Å². The molecule has 0 bridgehead atoms. The van der Waals surface area contributed by atoms with Crippen LogP contribution < -0.4 is 0 Å². The molecule has 0 radical (unpaired) electrons. The Labute approximate surface area is 129 Å². The van der Waals surface area contributed by atoms with Crippen molar-refractivity contribution in [2.24, 2.45) is 5.92 Å². The minimum absolute atomic E-state index is 0.522. The molecule has 8 heteroatoms. The third-order valence-electron chi connectivity index (χ3n) is 4.04. The Balaban J connectivity index is 1.70. The van der Waals surface area contributed by atoms with Crippen molar-refractivity contribution in [3.05, 3.63) is 24.0 Å². The standard InChI is InChI=1S/C14H23N7O/c1-11(2)7-21-13(15-10-17-21)8-20-5-3-4-14(22,9-20)12-6-16-19-18-12/h6,10-11,22H,3-5,7-9H2,1-2H3,(H,16,18,19)/t14-/m0/s1. The fraction of sp³-hybridized carbons (Fsp3) is 0.714. The summed E-state index contributed by atoms with van der Waals surface area (Å²) in [5.74, 6) is 1.46. The number of nitrogens with one attached hydrogen (secondary N) is 1. The van der Waals surface area contributed by atoms with Gasteiger partial charge in [-0.05, 0) is 25.3 Å². The molecule has 2 aromatic rings. The van der Waals surface area contributed by atoms with Gasteiger partial charge in [-0.2, -0.15) is 20.5 Å². The average molecular weight is 305 g/mol. The van der Waals surface area contributed by atoms with Gasteiger partial charge in [0.1, 0.15) is 23.4 Å². The molecule has 1 atom stereocenters. The Bertz CT molecular complexity index is 594. The highest BCUT2D eigenvalue weighted by Crippen LogP contribution is 2.30. The topological polar surface area (TPSA) is 95.8 Å². The molecule has 120 valence electrons. The summed E-state index contributed by atoms with van der Waals surface area (Å²) in [4.78, 5) is 6.58. The molecule has 8 nitrogen and oxygen atoms in total. The summed E-state index contributed by atoms with van der Waals surface area (Å²) in [5.41, 5.74) is -0.324. The monoisotopic (exact) mass is 305 g/mol. The van der Waals surface area contributed by atoms with Gasteiger partial charge in [0.2, 0.25) is 0 Å². The van der Waals surface area contributed by atoms with Crippen LogP contribution >= 0.6 is 0 Å². The summed E-state index contributed by atoms with van der Waals surface area (Å²) in [6.07, 6.45) is 4.83. The lowest BCUT2D eigenvalue weighted by Crippen LogP contribution is -2.46. The zero-order valence-electron chi connectivity index (χ0n) is 13.1. The van der Waals surface area contributed by atoms with Crippen molar-refractivity contribution in [2.45, 2.75) is 45.4 Å². The number of hydrogen-bond acceptors (Lipinski definition) is 6. The summed E-state index contributed by atoms with van der Waals surface area (Å²) in [6.45, 7) is 7.34. The second-order valence-electron chi connectivity index (χ2n) is 6.45. The number of H-pyrrole nitrogens is 1. The van der Waals surface area contributed by atoms with Gasteiger partial charge < -0.3 is 5.11 Å². The first-order valence-electron chi connectivity index (χ1n) is 7.74. The third-order valence-corrected chi connectivity index (χ3v) is 4.04. The van der Waals surface area contributed by atoms with E-state index in [1.807, 2.05) is 4.68 Å². The van der Waals surface area contributed by atoms with Crippen LogP contribution in [0.2, 0.25) is 0 Å². The Morgan fingerprint density at radius 3 is 3.05 bits per heavy atom. The van der Waals surface area contributed by atoms with Gasteiger partial charge in [-0.15, -0.1) is 0 Å². The molecule has 0 aromatic carbocycles. The third kappa shape index (κ3) is 3.17. The first kappa shape index (κ1) is 15.1. The van der Waals surface area contributed by atoms with Crippen LogP contribution in [0.25, 0.3) is 0 Å². The Morgan fingerprint density at radius 2 is 2.32 bits per heavy atom. The number of hydrogen-bond donors (Lipinski definition) is 2. The van der Waals surface area contributed by atoms with Gasteiger partial charge in [0.15, 0.2) is 0 Å². The van der Waals surface area contributed by atoms with Crippen LogP contribution in [0.3, 0.4) is 0 Å². The van der Waals surface area contributed by atoms with E-state index in [0.29, 0.717) is 31.1 Å². The van der Waals surface area contributed by atoms with E-state index < -0.39 is 5.60 Å². The van der Waals surface area contributed by atoms with Crippen LogP contribution in [0.1, 0.15) is 38.2 Å². The Morgan fingerprint density at radius 1 is 1.45 bits per heavy atom. The van der Waals surface area contributed by atoms with Crippen LogP contribution in [0, 0.1) is 5.92 Å². The van der Waals surface area contributed by atoms with Gasteiger partial charge in [0.25, 0.3) is 0 Å². The van der Waals surface area contributed by atoms with Gasteiger partial charge in [0, 0.05) is 13.1 Å². The van der Waals surface area contributed by atoms with Crippen LogP contribution in [0.5, 0.6) is 0 Å². The highest BCUT2D eigenvalue weighted by Gasteiger charge is 2.37. The van der Waals surface area contributed by atoms with Gasteiger partial charge in [0.05, 0.1) is 12.7 Å². The molecular formula is C14H23N7O. The van der Waals surface area contributed by atoms with Gasteiger partial charge >= 0.3 is 0 Å².